The van der Waals surface area contributed by atoms with Crippen molar-refractivity contribution in [3.05, 3.63) is 35.9 Å². The van der Waals surface area contributed by atoms with Gasteiger partial charge in [0.2, 0.25) is 5.91 Å². The van der Waals surface area contributed by atoms with Crippen LogP contribution in [0.15, 0.2) is 30.3 Å². The molecule has 1 heterocycles. The number of halogens is 2. The monoisotopic (exact) mass is 365 g/mol. The summed E-state index contributed by atoms with van der Waals surface area (Å²) in [6.45, 7) is -1.63. The van der Waals surface area contributed by atoms with Crippen LogP contribution in [0.2, 0.25) is 0 Å². The highest BCUT2D eigenvalue weighted by molar-refractivity contribution is 5.98. The van der Waals surface area contributed by atoms with E-state index in [2.05, 4.69) is 5.32 Å². The zero-order chi connectivity index (χ0) is 18.7. The lowest BCUT2D eigenvalue weighted by Crippen LogP contribution is -2.52. The van der Waals surface area contributed by atoms with E-state index in [9.17, 15) is 18.4 Å². The van der Waals surface area contributed by atoms with Gasteiger partial charge in [0.1, 0.15) is 6.04 Å². The molecule has 2 aliphatic rings. The summed E-state index contributed by atoms with van der Waals surface area (Å²) in [6.07, 6.45) is 4.44. The van der Waals surface area contributed by atoms with Gasteiger partial charge in [0.25, 0.3) is 11.8 Å². The van der Waals surface area contributed by atoms with Gasteiger partial charge in [-0.25, -0.2) is 8.78 Å². The second kappa shape index (κ2) is 7.70. The van der Waals surface area contributed by atoms with Crippen molar-refractivity contribution in [3.63, 3.8) is 0 Å². The Bertz CT molecular complexity index is 653. The van der Waals surface area contributed by atoms with E-state index in [4.69, 9.17) is 5.73 Å². The van der Waals surface area contributed by atoms with Crippen molar-refractivity contribution in [2.24, 2.45) is 11.7 Å². The molecule has 7 heteroatoms. The molecule has 1 saturated carbocycles. The van der Waals surface area contributed by atoms with E-state index in [1.165, 1.54) is 0 Å². The van der Waals surface area contributed by atoms with Gasteiger partial charge in [-0.15, -0.1) is 0 Å². The number of hydrogen-bond acceptors (Lipinski definition) is 3. The van der Waals surface area contributed by atoms with E-state index in [1.807, 2.05) is 6.07 Å². The average molecular weight is 365 g/mol. The molecule has 1 aromatic carbocycles. The van der Waals surface area contributed by atoms with Crippen LogP contribution in [-0.4, -0.2) is 47.8 Å². The molecule has 2 amide bonds. The zero-order valence-corrected chi connectivity index (χ0v) is 14.7. The predicted molar refractivity (Wildman–Crippen MR) is 93.8 cm³/mol. The Balaban J connectivity index is 1.80. The van der Waals surface area contributed by atoms with Crippen LogP contribution in [-0.2, 0) is 4.79 Å². The van der Waals surface area contributed by atoms with Crippen LogP contribution in [0.4, 0.5) is 8.78 Å². The van der Waals surface area contributed by atoms with Crippen molar-refractivity contribution >= 4 is 11.8 Å². The number of hydrogen-bond donors (Lipinski definition) is 2. The first-order valence-electron chi connectivity index (χ1n) is 9.16. The molecule has 5 nitrogen and oxygen atoms in total. The van der Waals surface area contributed by atoms with Crippen molar-refractivity contribution in [2.75, 3.05) is 13.1 Å². The van der Waals surface area contributed by atoms with Crippen LogP contribution < -0.4 is 11.1 Å². The largest absolute Gasteiger partial charge is 0.348 e. The normalized spacial score (nSPS) is 25.7. The van der Waals surface area contributed by atoms with E-state index in [0.29, 0.717) is 12.0 Å². The molecule has 3 unspecified atom stereocenters. The fraction of sp³-hybridized carbons (Fsp3) is 0.579. The third-order valence-corrected chi connectivity index (χ3v) is 5.47. The molecule has 3 atom stereocenters. The van der Waals surface area contributed by atoms with Crippen LogP contribution in [0.3, 0.4) is 0 Å². The molecular weight excluding hydrogens is 340 g/mol. The molecular formula is C19H25F2N3O2. The van der Waals surface area contributed by atoms with Gasteiger partial charge in [0.05, 0.1) is 13.1 Å². The molecule has 1 aliphatic heterocycles. The fourth-order valence-electron chi connectivity index (χ4n) is 4.12. The summed E-state index contributed by atoms with van der Waals surface area (Å²) >= 11 is 0. The third-order valence-electron chi connectivity index (χ3n) is 5.47. The summed E-state index contributed by atoms with van der Waals surface area (Å²) in [5, 5.41) is 2.30. The summed E-state index contributed by atoms with van der Waals surface area (Å²) in [5.74, 6) is -3.61. The number of benzene rings is 1. The van der Waals surface area contributed by atoms with Crippen LogP contribution in [0, 0.1) is 5.92 Å². The lowest BCUT2D eigenvalue weighted by atomic mass is 9.84. The number of carbonyl (C=O) groups excluding carboxylic acids is 2. The minimum absolute atomic E-state index is 0.00206. The highest BCUT2D eigenvalue weighted by Crippen LogP contribution is 2.40. The van der Waals surface area contributed by atoms with Gasteiger partial charge in [-0.2, -0.15) is 0 Å². The van der Waals surface area contributed by atoms with Crippen LogP contribution >= 0.6 is 0 Å². The zero-order valence-electron chi connectivity index (χ0n) is 14.7. The van der Waals surface area contributed by atoms with Gasteiger partial charge >= 0.3 is 0 Å². The molecule has 2 fully saturated rings. The molecule has 0 bridgehead atoms. The van der Waals surface area contributed by atoms with Crippen molar-refractivity contribution in [3.8, 4) is 0 Å². The van der Waals surface area contributed by atoms with Gasteiger partial charge in [0.15, 0.2) is 0 Å². The number of amides is 2. The van der Waals surface area contributed by atoms with Crippen LogP contribution in [0.5, 0.6) is 0 Å². The van der Waals surface area contributed by atoms with E-state index in [1.54, 1.807) is 29.2 Å². The number of likely N-dealkylation sites (tertiary alicyclic amines) is 1. The number of fused-ring (bicyclic) bond motifs is 1. The number of nitrogens with zero attached hydrogens (tertiary/aromatic N) is 1. The van der Waals surface area contributed by atoms with E-state index < -0.39 is 31.0 Å². The fourth-order valence-corrected chi connectivity index (χ4v) is 4.12. The van der Waals surface area contributed by atoms with E-state index >= 15 is 0 Å². The summed E-state index contributed by atoms with van der Waals surface area (Å²) < 4.78 is 26.8. The molecule has 142 valence electrons. The van der Waals surface area contributed by atoms with E-state index in [0.717, 1.165) is 25.7 Å². The minimum Gasteiger partial charge on any atom is -0.348 e. The Morgan fingerprint density at radius 3 is 2.58 bits per heavy atom. The molecule has 3 rings (SSSR count). The lowest BCUT2D eigenvalue weighted by molar-refractivity contribution is -0.127. The predicted octanol–water partition coefficient (Wildman–Crippen LogP) is 2.17. The van der Waals surface area contributed by atoms with Gasteiger partial charge in [-0.05, 0) is 37.3 Å². The van der Waals surface area contributed by atoms with Gasteiger partial charge in [0, 0.05) is 11.6 Å². The first-order chi connectivity index (χ1) is 12.4. The third kappa shape index (κ3) is 3.87. The molecule has 0 spiro atoms. The Kier molecular flexibility index (Phi) is 5.55. The van der Waals surface area contributed by atoms with E-state index in [-0.39, 0.29) is 17.9 Å². The van der Waals surface area contributed by atoms with Gasteiger partial charge < -0.3 is 16.0 Å². The van der Waals surface area contributed by atoms with Crippen molar-refractivity contribution in [1.29, 1.82) is 0 Å². The SMILES string of the molecule is NCC(F)(F)CNC(=O)C1CC2CCCCC2N1C(=O)c1ccccc1. The number of carbonyl (C=O) groups is 2. The topological polar surface area (TPSA) is 75.4 Å². The maximum Gasteiger partial charge on any atom is 0.277 e. The maximum absolute atomic E-state index is 13.4. The smallest absolute Gasteiger partial charge is 0.277 e. The first-order valence-corrected chi connectivity index (χ1v) is 9.16. The molecule has 26 heavy (non-hydrogen) atoms. The Morgan fingerprint density at radius 2 is 1.88 bits per heavy atom. The van der Waals surface area contributed by atoms with Crippen LogP contribution in [0.25, 0.3) is 0 Å². The second-order valence-corrected chi connectivity index (χ2v) is 7.22. The van der Waals surface area contributed by atoms with Crippen molar-refractivity contribution in [2.45, 2.75) is 50.1 Å². The van der Waals surface area contributed by atoms with Crippen LogP contribution in [0.1, 0.15) is 42.5 Å². The molecule has 1 aromatic rings. The molecule has 3 N–H and O–H groups in total. The quantitative estimate of drug-likeness (QED) is 0.840. The van der Waals surface area contributed by atoms with Gasteiger partial charge in [-0.1, -0.05) is 31.0 Å². The summed E-state index contributed by atoms with van der Waals surface area (Å²) in [4.78, 5) is 27.3. The Labute approximate surface area is 151 Å². The number of nitrogens with one attached hydrogen (secondary N) is 1. The summed E-state index contributed by atoms with van der Waals surface area (Å²) in [5.41, 5.74) is 5.54. The van der Waals surface area contributed by atoms with Crippen molar-refractivity contribution in [1.82, 2.24) is 10.2 Å². The average Bonchev–Trinajstić information content (AvgIpc) is 3.06. The second-order valence-electron chi connectivity index (χ2n) is 7.22. The Morgan fingerprint density at radius 1 is 1.19 bits per heavy atom. The molecule has 1 saturated heterocycles. The standard InChI is InChI=1S/C19H25F2N3O2/c20-19(21,11-22)12-23-17(25)16-10-14-8-4-5-9-15(14)24(16)18(26)13-6-2-1-3-7-13/h1-3,6-7,14-16H,4-5,8-12,22H2,(H,23,25). The first kappa shape index (κ1) is 18.8. The highest BCUT2D eigenvalue weighted by Gasteiger charge is 2.47. The minimum atomic E-state index is -3.14. The molecule has 0 radical (unpaired) electrons. The summed E-state index contributed by atoms with van der Waals surface area (Å²) in [6, 6.07) is 8.11. The number of alkyl halides is 2. The number of nitrogens with two attached hydrogens (primary N) is 1. The summed E-state index contributed by atoms with van der Waals surface area (Å²) in [7, 11) is 0. The lowest BCUT2D eigenvalue weighted by Gasteiger charge is -2.33. The van der Waals surface area contributed by atoms with Crippen molar-refractivity contribution < 1.29 is 18.4 Å². The molecule has 0 aromatic heterocycles. The highest BCUT2D eigenvalue weighted by atomic mass is 19.3. The van der Waals surface area contributed by atoms with Gasteiger partial charge in [-0.3, -0.25) is 9.59 Å². The molecule has 1 aliphatic carbocycles. The Hall–Kier alpha value is -2.02. The maximum atomic E-state index is 13.4. The number of rotatable bonds is 5.